The van der Waals surface area contributed by atoms with Crippen molar-refractivity contribution >= 4 is 16.8 Å². The van der Waals surface area contributed by atoms with Crippen molar-refractivity contribution in [1.29, 1.82) is 0 Å². The van der Waals surface area contributed by atoms with Crippen molar-refractivity contribution in [2.75, 3.05) is 19.7 Å². The predicted molar refractivity (Wildman–Crippen MR) is 67.8 cm³/mol. The molecule has 94 valence electrons. The van der Waals surface area contributed by atoms with Crippen molar-refractivity contribution in [2.45, 2.75) is 12.5 Å². The Kier molecular flexibility index (Phi) is 3.13. The first kappa shape index (κ1) is 11.4. The van der Waals surface area contributed by atoms with Gasteiger partial charge in [0.1, 0.15) is 5.58 Å². The number of rotatable bonds is 3. The minimum absolute atomic E-state index is 0.0000926. The lowest BCUT2D eigenvalue weighted by Crippen LogP contribution is -2.39. The number of ether oxygens (including phenoxy) is 1. The van der Waals surface area contributed by atoms with Gasteiger partial charge in [0.25, 0.3) is 0 Å². The fourth-order valence-corrected chi connectivity index (χ4v) is 2.18. The highest BCUT2D eigenvalue weighted by Gasteiger charge is 2.20. The number of Topliss-reactive ketones (excluding diaryl/α,β-unsaturated/α-hetero) is 1. The number of carbonyl (C=O) groups excluding carboxylic acids is 1. The lowest BCUT2D eigenvalue weighted by atomic mass is 10.1. The summed E-state index contributed by atoms with van der Waals surface area (Å²) in [5.74, 6) is 0.422. The highest BCUT2D eigenvalue weighted by molar-refractivity contribution is 5.97. The Hall–Kier alpha value is -1.65. The van der Waals surface area contributed by atoms with Crippen LogP contribution in [-0.2, 0) is 4.74 Å². The van der Waals surface area contributed by atoms with Crippen LogP contribution in [0.1, 0.15) is 17.0 Å². The number of hydrogen-bond acceptors (Lipinski definition) is 4. The zero-order valence-electron chi connectivity index (χ0n) is 10.0. The van der Waals surface area contributed by atoms with E-state index in [-0.39, 0.29) is 11.9 Å². The number of fused-ring (bicyclic) bond motifs is 1. The molecule has 1 saturated heterocycles. The van der Waals surface area contributed by atoms with Crippen LogP contribution < -0.4 is 5.32 Å². The molecule has 1 aliphatic heterocycles. The van der Waals surface area contributed by atoms with Crippen LogP contribution in [0, 0.1) is 0 Å². The molecule has 0 radical (unpaired) electrons. The third-order valence-corrected chi connectivity index (χ3v) is 3.12. The molecule has 0 bridgehead atoms. The Bertz CT molecular complexity index is 522. The van der Waals surface area contributed by atoms with Crippen molar-refractivity contribution in [3.05, 3.63) is 36.1 Å². The summed E-state index contributed by atoms with van der Waals surface area (Å²) < 4.78 is 11.1. The maximum atomic E-state index is 12.1. The molecule has 2 heterocycles. The van der Waals surface area contributed by atoms with Crippen molar-refractivity contribution in [3.63, 3.8) is 0 Å². The molecule has 2 aromatic rings. The second kappa shape index (κ2) is 4.92. The summed E-state index contributed by atoms with van der Waals surface area (Å²) in [6.07, 6.45) is 0.326. The number of nitrogens with one attached hydrogen (secondary N) is 1. The molecular formula is C14H15NO3. The Morgan fingerprint density at radius 1 is 1.39 bits per heavy atom. The van der Waals surface area contributed by atoms with E-state index in [1.165, 1.54) is 0 Å². The van der Waals surface area contributed by atoms with E-state index in [9.17, 15) is 4.79 Å². The maximum absolute atomic E-state index is 12.1. The first-order chi connectivity index (χ1) is 8.83. The van der Waals surface area contributed by atoms with Crippen molar-refractivity contribution in [3.8, 4) is 0 Å². The fourth-order valence-electron chi connectivity index (χ4n) is 2.18. The Morgan fingerprint density at radius 3 is 3.06 bits per heavy atom. The average molecular weight is 245 g/mol. The van der Waals surface area contributed by atoms with Crippen molar-refractivity contribution in [2.24, 2.45) is 0 Å². The molecular weight excluding hydrogens is 230 g/mol. The van der Waals surface area contributed by atoms with Crippen LogP contribution in [0.15, 0.2) is 34.7 Å². The Balaban J connectivity index is 1.74. The molecule has 3 rings (SSSR count). The SMILES string of the molecule is O=C(CC1CNCCO1)c1cc2ccccc2o1. The molecule has 1 fully saturated rings. The van der Waals surface area contributed by atoms with E-state index in [2.05, 4.69) is 5.32 Å². The highest BCUT2D eigenvalue weighted by Crippen LogP contribution is 2.20. The summed E-state index contributed by atoms with van der Waals surface area (Å²) in [6.45, 7) is 2.25. The third kappa shape index (κ3) is 2.30. The first-order valence-electron chi connectivity index (χ1n) is 6.17. The number of carbonyl (C=O) groups is 1. The molecule has 1 atom stereocenters. The smallest absolute Gasteiger partial charge is 0.200 e. The van der Waals surface area contributed by atoms with E-state index in [1.807, 2.05) is 24.3 Å². The minimum Gasteiger partial charge on any atom is -0.453 e. The van der Waals surface area contributed by atoms with Gasteiger partial charge < -0.3 is 14.5 Å². The molecule has 1 aromatic heterocycles. The summed E-state index contributed by atoms with van der Waals surface area (Å²) in [4.78, 5) is 12.1. The highest BCUT2D eigenvalue weighted by atomic mass is 16.5. The zero-order chi connectivity index (χ0) is 12.4. The van der Waals surface area contributed by atoms with Gasteiger partial charge in [0.15, 0.2) is 5.76 Å². The van der Waals surface area contributed by atoms with Gasteiger partial charge in [-0.15, -0.1) is 0 Å². The summed E-state index contributed by atoms with van der Waals surface area (Å²) >= 11 is 0. The van der Waals surface area contributed by atoms with Crippen molar-refractivity contribution in [1.82, 2.24) is 5.32 Å². The summed E-state index contributed by atoms with van der Waals surface area (Å²) in [6, 6.07) is 9.43. The molecule has 1 aliphatic rings. The summed E-state index contributed by atoms with van der Waals surface area (Å²) in [5.41, 5.74) is 0.753. The van der Waals surface area contributed by atoms with Gasteiger partial charge in [0.05, 0.1) is 12.7 Å². The summed E-state index contributed by atoms with van der Waals surface area (Å²) in [5, 5.41) is 4.17. The fraction of sp³-hybridized carbons (Fsp3) is 0.357. The van der Waals surface area contributed by atoms with Gasteiger partial charge >= 0.3 is 0 Å². The standard InChI is InChI=1S/C14H15NO3/c16-12(8-11-9-15-5-6-17-11)14-7-10-3-1-2-4-13(10)18-14/h1-4,7,11,15H,5-6,8-9H2. The second-order valence-corrected chi connectivity index (χ2v) is 4.47. The largest absolute Gasteiger partial charge is 0.453 e. The van der Waals surface area contributed by atoms with Crippen LogP contribution in [0.4, 0.5) is 0 Å². The van der Waals surface area contributed by atoms with Gasteiger partial charge in [-0.05, 0) is 12.1 Å². The molecule has 4 heteroatoms. The minimum atomic E-state index is -0.0422. The molecule has 1 N–H and O–H groups in total. The van der Waals surface area contributed by atoms with Crippen LogP contribution in [-0.4, -0.2) is 31.6 Å². The molecule has 4 nitrogen and oxygen atoms in total. The number of furan rings is 1. The number of benzene rings is 1. The molecule has 0 spiro atoms. The van der Waals surface area contributed by atoms with E-state index in [0.29, 0.717) is 18.8 Å². The third-order valence-electron chi connectivity index (χ3n) is 3.12. The maximum Gasteiger partial charge on any atom is 0.200 e. The number of para-hydroxylation sites is 1. The first-order valence-corrected chi connectivity index (χ1v) is 6.17. The van der Waals surface area contributed by atoms with Gasteiger partial charge in [-0.25, -0.2) is 0 Å². The Morgan fingerprint density at radius 2 is 2.28 bits per heavy atom. The van der Waals surface area contributed by atoms with Gasteiger partial charge in [-0.3, -0.25) is 4.79 Å². The van der Waals surface area contributed by atoms with Crippen LogP contribution in [0.5, 0.6) is 0 Å². The van der Waals surface area contributed by atoms with E-state index >= 15 is 0 Å². The Labute approximate surface area is 105 Å². The zero-order valence-corrected chi connectivity index (χ0v) is 10.0. The molecule has 18 heavy (non-hydrogen) atoms. The monoisotopic (exact) mass is 245 g/mol. The lowest BCUT2D eigenvalue weighted by Gasteiger charge is -2.22. The van der Waals surface area contributed by atoms with E-state index in [1.54, 1.807) is 6.07 Å². The van der Waals surface area contributed by atoms with Gasteiger partial charge in [0.2, 0.25) is 5.78 Å². The van der Waals surface area contributed by atoms with Crippen LogP contribution >= 0.6 is 0 Å². The van der Waals surface area contributed by atoms with Crippen LogP contribution in [0.25, 0.3) is 11.0 Å². The van der Waals surface area contributed by atoms with E-state index in [4.69, 9.17) is 9.15 Å². The quantitative estimate of drug-likeness (QED) is 0.840. The van der Waals surface area contributed by atoms with E-state index < -0.39 is 0 Å². The number of ketones is 1. The normalized spacial score (nSPS) is 20.1. The van der Waals surface area contributed by atoms with Gasteiger partial charge in [0, 0.05) is 24.9 Å². The second-order valence-electron chi connectivity index (χ2n) is 4.47. The van der Waals surface area contributed by atoms with Crippen LogP contribution in [0.3, 0.4) is 0 Å². The topological polar surface area (TPSA) is 51.5 Å². The van der Waals surface area contributed by atoms with Gasteiger partial charge in [-0.2, -0.15) is 0 Å². The molecule has 0 amide bonds. The van der Waals surface area contributed by atoms with Gasteiger partial charge in [-0.1, -0.05) is 18.2 Å². The summed E-state index contributed by atoms with van der Waals surface area (Å²) in [7, 11) is 0. The number of hydrogen-bond donors (Lipinski definition) is 1. The molecule has 1 aromatic carbocycles. The lowest BCUT2D eigenvalue weighted by molar-refractivity contribution is 0.0234. The van der Waals surface area contributed by atoms with E-state index in [0.717, 1.165) is 24.1 Å². The molecule has 0 aliphatic carbocycles. The van der Waals surface area contributed by atoms with Crippen molar-refractivity contribution < 1.29 is 13.9 Å². The molecule has 1 unspecified atom stereocenters. The van der Waals surface area contributed by atoms with Crippen LogP contribution in [0.2, 0.25) is 0 Å². The predicted octanol–water partition coefficient (Wildman–Crippen LogP) is 1.99. The molecule has 0 saturated carbocycles. The average Bonchev–Trinajstić information content (AvgIpc) is 2.84. The number of morpholine rings is 1.